The molecule has 0 radical (unpaired) electrons. The van der Waals surface area contributed by atoms with Crippen LogP contribution in [0.5, 0.6) is 0 Å². The molecular formula is C10H12O2. The molecule has 2 heteroatoms. The van der Waals surface area contributed by atoms with E-state index in [9.17, 15) is 4.79 Å². The molecule has 2 rings (SSSR count). The standard InChI is InChI=1S/C10H12O2/c1-2-7-3-4-9-8(10(7)11)5-6-12-9/h5-7H,2-4H2,1H3. The number of aryl methyl sites for hydroxylation is 1. The van der Waals surface area contributed by atoms with Gasteiger partial charge in [0.15, 0.2) is 5.78 Å². The Bertz CT molecular complexity index is 299. The number of hydrogen-bond acceptors (Lipinski definition) is 2. The molecule has 0 N–H and O–H groups in total. The number of hydrogen-bond donors (Lipinski definition) is 0. The highest BCUT2D eigenvalue weighted by molar-refractivity contribution is 5.99. The third-order valence-electron chi connectivity index (χ3n) is 2.59. The maximum atomic E-state index is 11.6. The van der Waals surface area contributed by atoms with E-state index in [1.54, 1.807) is 12.3 Å². The number of Topliss-reactive ketones (excluding diaryl/α,β-unsaturated/α-hetero) is 1. The molecule has 64 valence electrons. The molecule has 1 unspecified atom stereocenters. The lowest BCUT2D eigenvalue weighted by Crippen LogP contribution is -2.20. The fourth-order valence-corrected chi connectivity index (χ4v) is 1.80. The number of fused-ring (bicyclic) bond motifs is 1. The molecule has 0 amide bonds. The molecule has 0 saturated heterocycles. The van der Waals surface area contributed by atoms with Crippen LogP contribution in [0.3, 0.4) is 0 Å². The summed E-state index contributed by atoms with van der Waals surface area (Å²) in [6, 6.07) is 1.79. The Morgan fingerprint density at radius 3 is 3.25 bits per heavy atom. The van der Waals surface area contributed by atoms with Crippen LogP contribution in [-0.4, -0.2) is 5.78 Å². The van der Waals surface area contributed by atoms with Crippen molar-refractivity contribution in [2.45, 2.75) is 26.2 Å². The van der Waals surface area contributed by atoms with Crippen LogP contribution < -0.4 is 0 Å². The summed E-state index contributed by atoms with van der Waals surface area (Å²) in [5, 5.41) is 0. The largest absolute Gasteiger partial charge is 0.469 e. The van der Waals surface area contributed by atoms with Crippen molar-refractivity contribution in [1.82, 2.24) is 0 Å². The van der Waals surface area contributed by atoms with E-state index in [4.69, 9.17) is 4.42 Å². The minimum absolute atomic E-state index is 0.232. The van der Waals surface area contributed by atoms with E-state index in [-0.39, 0.29) is 11.7 Å². The van der Waals surface area contributed by atoms with E-state index in [0.29, 0.717) is 0 Å². The van der Waals surface area contributed by atoms with E-state index in [2.05, 4.69) is 6.92 Å². The topological polar surface area (TPSA) is 30.2 Å². The first kappa shape index (κ1) is 7.59. The van der Waals surface area contributed by atoms with Crippen LogP contribution in [0, 0.1) is 5.92 Å². The van der Waals surface area contributed by atoms with E-state index in [1.165, 1.54) is 0 Å². The van der Waals surface area contributed by atoms with Crippen molar-refractivity contribution in [3.05, 3.63) is 23.7 Å². The zero-order chi connectivity index (χ0) is 8.55. The quantitative estimate of drug-likeness (QED) is 0.638. The minimum Gasteiger partial charge on any atom is -0.469 e. The first-order valence-electron chi connectivity index (χ1n) is 4.43. The van der Waals surface area contributed by atoms with Crippen molar-refractivity contribution in [1.29, 1.82) is 0 Å². The Kier molecular flexibility index (Phi) is 1.75. The SMILES string of the molecule is CCC1CCc2occc2C1=O. The van der Waals surface area contributed by atoms with Crippen LogP contribution in [-0.2, 0) is 6.42 Å². The molecule has 1 aliphatic rings. The van der Waals surface area contributed by atoms with Gasteiger partial charge in [0.25, 0.3) is 0 Å². The van der Waals surface area contributed by atoms with Gasteiger partial charge in [-0.25, -0.2) is 0 Å². The lowest BCUT2D eigenvalue weighted by molar-refractivity contribution is 0.0894. The van der Waals surface area contributed by atoms with Gasteiger partial charge in [0.2, 0.25) is 0 Å². The number of carbonyl (C=O) groups is 1. The molecule has 1 aliphatic carbocycles. The molecule has 1 aromatic heterocycles. The first-order valence-corrected chi connectivity index (χ1v) is 4.43. The van der Waals surface area contributed by atoms with Crippen LogP contribution >= 0.6 is 0 Å². The molecule has 0 bridgehead atoms. The summed E-state index contributed by atoms with van der Waals surface area (Å²) in [5.74, 6) is 1.38. The smallest absolute Gasteiger partial charge is 0.169 e. The Balaban J connectivity index is 2.35. The van der Waals surface area contributed by atoms with E-state index in [0.717, 1.165) is 30.6 Å². The number of rotatable bonds is 1. The number of furan rings is 1. The molecule has 1 heterocycles. The van der Waals surface area contributed by atoms with Crippen LogP contribution in [0.4, 0.5) is 0 Å². The third kappa shape index (κ3) is 0.986. The summed E-state index contributed by atoms with van der Waals surface area (Å²) in [6.07, 6.45) is 4.44. The van der Waals surface area contributed by atoms with Crippen molar-refractivity contribution >= 4 is 5.78 Å². The summed E-state index contributed by atoms with van der Waals surface area (Å²) in [4.78, 5) is 11.6. The van der Waals surface area contributed by atoms with Gasteiger partial charge < -0.3 is 4.42 Å². The predicted molar refractivity (Wildman–Crippen MR) is 45.1 cm³/mol. The lowest BCUT2D eigenvalue weighted by Gasteiger charge is -2.17. The Morgan fingerprint density at radius 2 is 2.50 bits per heavy atom. The zero-order valence-electron chi connectivity index (χ0n) is 7.17. The van der Waals surface area contributed by atoms with Crippen molar-refractivity contribution in [2.75, 3.05) is 0 Å². The average molecular weight is 164 g/mol. The molecule has 0 aliphatic heterocycles. The number of carbonyl (C=O) groups excluding carboxylic acids is 1. The minimum atomic E-state index is 0.232. The highest BCUT2D eigenvalue weighted by Crippen LogP contribution is 2.27. The van der Waals surface area contributed by atoms with Crippen LogP contribution in [0.15, 0.2) is 16.7 Å². The molecular weight excluding hydrogens is 152 g/mol. The molecule has 0 fully saturated rings. The predicted octanol–water partition coefficient (Wildman–Crippen LogP) is 2.43. The van der Waals surface area contributed by atoms with Crippen LogP contribution in [0.2, 0.25) is 0 Å². The second kappa shape index (κ2) is 2.77. The Hall–Kier alpha value is -1.05. The second-order valence-electron chi connectivity index (χ2n) is 3.27. The van der Waals surface area contributed by atoms with Crippen molar-refractivity contribution in [3.63, 3.8) is 0 Å². The van der Waals surface area contributed by atoms with Crippen molar-refractivity contribution < 1.29 is 9.21 Å². The molecule has 0 saturated carbocycles. The second-order valence-corrected chi connectivity index (χ2v) is 3.27. The van der Waals surface area contributed by atoms with Gasteiger partial charge in [0, 0.05) is 12.3 Å². The first-order chi connectivity index (χ1) is 5.83. The summed E-state index contributed by atoms with van der Waals surface area (Å²) >= 11 is 0. The van der Waals surface area contributed by atoms with Gasteiger partial charge in [0.1, 0.15) is 5.76 Å². The van der Waals surface area contributed by atoms with Gasteiger partial charge in [-0.3, -0.25) is 4.79 Å². The summed E-state index contributed by atoms with van der Waals surface area (Å²) in [7, 11) is 0. The fourth-order valence-electron chi connectivity index (χ4n) is 1.80. The summed E-state index contributed by atoms with van der Waals surface area (Å²) in [6.45, 7) is 2.06. The van der Waals surface area contributed by atoms with Crippen molar-refractivity contribution in [3.8, 4) is 0 Å². The normalized spacial score (nSPS) is 22.4. The monoisotopic (exact) mass is 164 g/mol. The molecule has 0 spiro atoms. The maximum absolute atomic E-state index is 11.6. The van der Waals surface area contributed by atoms with Gasteiger partial charge in [-0.05, 0) is 18.9 Å². The van der Waals surface area contributed by atoms with Gasteiger partial charge in [-0.1, -0.05) is 6.92 Å². The van der Waals surface area contributed by atoms with Crippen LogP contribution in [0.25, 0.3) is 0 Å². The van der Waals surface area contributed by atoms with E-state index < -0.39 is 0 Å². The molecule has 1 atom stereocenters. The van der Waals surface area contributed by atoms with E-state index >= 15 is 0 Å². The molecule has 2 nitrogen and oxygen atoms in total. The van der Waals surface area contributed by atoms with Crippen molar-refractivity contribution in [2.24, 2.45) is 5.92 Å². The Morgan fingerprint density at radius 1 is 1.67 bits per heavy atom. The molecule has 12 heavy (non-hydrogen) atoms. The Labute approximate surface area is 71.6 Å². The van der Waals surface area contributed by atoms with E-state index in [1.807, 2.05) is 0 Å². The highest BCUT2D eigenvalue weighted by Gasteiger charge is 2.27. The van der Waals surface area contributed by atoms with Gasteiger partial charge in [0.05, 0.1) is 11.8 Å². The summed E-state index contributed by atoms with van der Waals surface area (Å²) < 4.78 is 5.20. The fraction of sp³-hybridized carbons (Fsp3) is 0.500. The third-order valence-corrected chi connectivity index (χ3v) is 2.59. The van der Waals surface area contributed by atoms with Gasteiger partial charge >= 0.3 is 0 Å². The van der Waals surface area contributed by atoms with Gasteiger partial charge in [-0.15, -0.1) is 0 Å². The molecule has 0 aromatic carbocycles. The highest BCUT2D eigenvalue weighted by atomic mass is 16.3. The zero-order valence-corrected chi connectivity index (χ0v) is 7.17. The number of ketones is 1. The van der Waals surface area contributed by atoms with Gasteiger partial charge in [-0.2, -0.15) is 0 Å². The molecule has 1 aromatic rings. The maximum Gasteiger partial charge on any atom is 0.169 e. The lowest BCUT2D eigenvalue weighted by atomic mass is 9.85. The summed E-state index contributed by atoms with van der Waals surface area (Å²) in [5.41, 5.74) is 0.813. The average Bonchev–Trinajstić information content (AvgIpc) is 2.53. The van der Waals surface area contributed by atoms with Crippen LogP contribution in [0.1, 0.15) is 35.9 Å².